The predicted octanol–water partition coefficient (Wildman–Crippen LogP) is 2.81. The van der Waals surface area contributed by atoms with Gasteiger partial charge in [-0.2, -0.15) is 0 Å². The van der Waals surface area contributed by atoms with Crippen LogP contribution in [0.1, 0.15) is 31.0 Å². The van der Waals surface area contributed by atoms with Crippen LogP contribution in [0.4, 0.5) is 0 Å². The van der Waals surface area contributed by atoms with Crippen LogP contribution in [0, 0.1) is 12.8 Å². The quantitative estimate of drug-likeness (QED) is 0.598. The SMILES string of the molecule is Cc1cc(C(NN)C(C)C)ccc1Cl. The van der Waals surface area contributed by atoms with Crippen LogP contribution in [-0.2, 0) is 0 Å². The fourth-order valence-corrected chi connectivity index (χ4v) is 1.65. The van der Waals surface area contributed by atoms with Gasteiger partial charge in [-0.05, 0) is 30.0 Å². The number of rotatable bonds is 3. The maximum Gasteiger partial charge on any atom is 0.0482 e. The summed E-state index contributed by atoms with van der Waals surface area (Å²) in [7, 11) is 0. The van der Waals surface area contributed by atoms with Crippen LogP contribution in [0.3, 0.4) is 0 Å². The van der Waals surface area contributed by atoms with Crippen LogP contribution in [0.25, 0.3) is 0 Å². The minimum absolute atomic E-state index is 0.186. The maximum atomic E-state index is 5.96. The van der Waals surface area contributed by atoms with Crippen LogP contribution in [0.15, 0.2) is 18.2 Å². The van der Waals surface area contributed by atoms with Crippen LogP contribution >= 0.6 is 11.6 Å². The van der Waals surface area contributed by atoms with Crippen LogP contribution in [0.2, 0.25) is 5.02 Å². The van der Waals surface area contributed by atoms with Gasteiger partial charge in [0.05, 0.1) is 0 Å². The molecule has 0 aliphatic rings. The number of nitrogens with two attached hydrogens (primary N) is 1. The molecule has 0 fully saturated rings. The molecule has 1 atom stereocenters. The zero-order valence-electron chi connectivity index (χ0n) is 8.84. The van der Waals surface area contributed by atoms with E-state index in [0.29, 0.717) is 5.92 Å². The molecule has 14 heavy (non-hydrogen) atoms. The van der Waals surface area contributed by atoms with E-state index in [1.54, 1.807) is 0 Å². The molecule has 3 N–H and O–H groups in total. The zero-order chi connectivity index (χ0) is 10.7. The Kier molecular flexibility index (Phi) is 3.93. The molecule has 0 aliphatic carbocycles. The van der Waals surface area contributed by atoms with Crippen molar-refractivity contribution in [3.05, 3.63) is 34.3 Å². The van der Waals surface area contributed by atoms with E-state index in [0.717, 1.165) is 10.6 Å². The monoisotopic (exact) mass is 212 g/mol. The van der Waals surface area contributed by atoms with Crippen LogP contribution in [0.5, 0.6) is 0 Å². The number of hydrazine groups is 1. The van der Waals surface area contributed by atoms with Gasteiger partial charge in [0.1, 0.15) is 0 Å². The number of hydrogen-bond acceptors (Lipinski definition) is 2. The van der Waals surface area contributed by atoms with E-state index in [1.807, 2.05) is 19.1 Å². The lowest BCUT2D eigenvalue weighted by atomic mass is 9.95. The molecule has 78 valence electrons. The molecule has 0 radical (unpaired) electrons. The molecule has 0 saturated heterocycles. The average molecular weight is 213 g/mol. The summed E-state index contributed by atoms with van der Waals surface area (Å²) in [5, 5.41) is 0.799. The van der Waals surface area contributed by atoms with Crippen molar-refractivity contribution in [2.24, 2.45) is 11.8 Å². The molecule has 0 amide bonds. The van der Waals surface area contributed by atoms with E-state index >= 15 is 0 Å². The Morgan fingerprint density at radius 1 is 1.36 bits per heavy atom. The Bertz CT molecular complexity index is 310. The zero-order valence-corrected chi connectivity index (χ0v) is 9.60. The molecule has 3 heteroatoms. The number of hydrogen-bond donors (Lipinski definition) is 2. The number of aryl methyl sites for hydroxylation is 1. The Hall–Kier alpha value is -0.570. The van der Waals surface area contributed by atoms with Gasteiger partial charge in [0.25, 0.3) is 0 Å². The van der Waals surface area contributed by atoms with Gasteiger partial charge in [0.15, 0.2) is 0 Å². The molecule has 0 aliphatic heterocycles. The highest BCUT2D eigenvalue weighted by Crippen LogP contribution is 2.24. The van der Waals surface area contributed by atoms with Crippen molar-refractivity contribution < 1.29 is 0 Å². The summed E-state index contributed by atoms with van der Waals surface area (Å²) in [6, 6.07) is 6.19. The Balaban J connectivity index is 3.00. The summed E-state index contributed by atoms with van der Waals surface area (Å²) < 4.78 is 0. The van der Waals surface area contributed by atoms with Gasteiger partial charge in [0.2, 0.25) is 0 Å². The second-order valence-corrected chi connectivity index (χ2v) is 4.30. The molecule has 1 aromatic carbocycles. The van der Waals surface area contributed by atoms with E-state index in [4.69, 9.17) is 17.4 Å². The summed E-state index contributed by atoms with van der Waals surface area (Å²) in [6.45, 7) is 6.27. The maximum absolute atomic E-state index is 5.96. The normalized spacial score (nSPS) is 13.3. The topological polar surface area (TPSA) is 38.0 Å². The summed E-state index contributed by atoms with van der Waals surface area (Å²) in [5.41, 5.74) is 5.09. The molecule has 0 aromatic heterocycles. The van der Waals surface area contributed by atoms with Gasteiger partial charge < -0.3 is 0 Å². The fraction of sp³-hybridized carbons (Fsp3) is 0.455. The summed E-state index contributed by atoms with van der Waals surface area (Å²) >= 11 is 5.96. The van der Waals surface area contributed by atoms with Crippen molar-refractivity contribution in [1.29, 1.82) is 0 Å². The van der Waals surface area contributed by atoms with E-state index < -0.39 is 0 Å². The van der Waals surface area contributed by atoms with Crippen molar-refractivity contribution in [3.8, 4) is 0 Å². The molecule has 0 spiro atoms. The molecular weight excluding hydrogens is 196 g/mol. The standard InChI is InChI=1S/C11H17ClN2/c1-7(2)11(14-13)9-4-5-10(12)8(3)6-9/h4-7,11,14H,13H2,1-3H3. The Labute approximate surface area is 90.4 Å². The Morgan fingerprint density at radius 3 is 2.43 bits per heavy atom. The highest BCUT2D eigenvalue weighted by atomic mass is 35.5. The van der Waals surface area contributed by atoms with Crippen LogP contribution < -0.4 is 11.3 Å². The predicted molar refractivity (Wildman–Crippen MR) is 61.1 cm³/mol. The van der Waals surface area contributed by atoms with E-state index in [9.17, 15) is 0 Å². The first-order valence-corrected chi connectivity index (χ1v) is 5.16. The molecular formula is C11H17ClN2. The second-order valence-electron chi connectivity index (χ2n) is 3.90. The van der Waals surface area contributed by atoms with E-state index in [1.165, 1.54) is 5.56 Å². The number of halogens is 1. The lowest BCUT2D eigenvalue weighted by Crippen LogP contribution is -2.31. The first kappa shape index (κ1) is 11.5. The van der Waals surface area contributed by atoms with Gasteiger partial charge in [0, 0.05) is 11.1 Å². The third kappa shape index (κ3) is 2.47. The smallest absolute Gasteiger partial charge is 0.0482 e. The van der Waals surface area contributed by atoms with Gasteiger partial charge >= 0.3 is 0 Å². The molecule has 1 unspecified atom stereocenters. The highest BCUT2D eigenvalue weighted by molar-refractivity contribution is 6.31. The molecule has 2 nitrogen and oxygen atoms in total. The molecule has 1 rings (SSSR count). The average Bonchev–Trinajstić information content (AvgIpc) is 2.11. The molecule has 0 heterocycles. The van der Waals surface area contributed by atoms with Crippen LogP contribution in [-0.4, -0.2) is 0 Å². The van der Waals surface area contributed by atoms with Crippen molar-refractivity contribution in [2.45, 2.75) is 26.8 Å². The van der Waals surface area contributed by atoms with Crippen molar-refractivity contribution in [1.82, 2.24) is 5.43 Å². The number of nitrogens with one attached hydrogen (secondary N) is 1. The van der Waals surface area contributed by atoms with Gasteiger partial charge in [-0.3, -0.25) is 11.3 Å². The van der Waals surface area contributed by atoms with Crippen molar-refractivity contribution in [3.63, 3.8) is 0 Å². The van der Waals surface area contributed by atoms with Gasteiger partial charge in [-0.25, -0.2) is 0 Å². The first-order valence-electron chi connectivity index (χ1n) is 4.78. The second kappa shape index (κ2) is 4.78. The lowest BCUT2D eigenvalue weighted by molar-refractivity contribution is 0.421. The number of benzene rings is 1. The minimum atomic E-state index is 0.186. The molecule has 0 bridgehead atoms. The third-order valence-corrected chi connectivity index (χ3v) is 2.81. The van der Waals surface area contributed by atoms with E-state index in [2.05, 4.69) is 25.3 Å². The fourth-order valence-electron chi connectivity index (χ4n) is 1.53. The van der Waals surface area contributed by atoms with Gasteiger partial charge in [-0.15, -0.1) is 0 Å². The summed E-state index contributed by atoms with van der Waals surface area (Å²) in [4.78, 5) is 0. The largest absolute Gasteiger partial charge is 0.271 e. The Morgan fingerprint density at radius 2 is 2.00 bits per heavy atom. The minimum Gasteiger partial charge on any atom is -0.271 e. The van der Waals surface area contributed by atoms with Crippen molar-refractivity contribution >= 4 is 11.6 Å². The van der Waals surface area contributed by atoms with Gasteiger partial charge in [-0.1, -0.05) is 37.6 Å². The third-order valence-electron chi connectivity index (χ3n) is 2.39. The summed E-state index contributed by atoms with van der Waals surface area (Å²) in [6.07, 6.45) is 0. The molecule has 0 saturated carbocycles. The van der Waals surface area contributed by atoms with E-state index in [-0.39, 0.29) is 6.04 Å². The first-order chi connectivity index (χ1) is 6.56. The molecule has 1 aromatic rings. The lowest BCUT2D eigenvalue weighted by Gasteiger charge is -2.20. The highest BCUT2D eigenvalue weighted by Gasteiger charge is 2.14. The summed E-state index contributed by atoms with van der Waals surface area (Å²) in [5.74, 6) is 5.97. The van der Waals surface area contributed by atoms with Crippen molar-refractivity contribution in [2.75, 3.05) is 0 Å².